The molecule has 19 heavy (non-hydrogen) atoms. The van der Waals surface area contributed by atoms with E-state index in [2.05, 4.69) is 0 Å². The van der Waals surface area contributed by atoms with Crippen molar-refractivity contribution in [2.45, 2.75) is 19.9 Å². The number of anilines is 1. The van der Waals surface area contributed by atoms with E-state index < -0.39 is 10.0 Å². The molecule has 1 rings (SSSR count). The van der Waals surface area contributed by atoms with Gasteiger partial charge in [0.2, 0.25) is 10.0 Å². The molecule has 0 heterocycles. The smallest absolute Gasteiger partial charge is 0.216 e. The number of hydrogen-bond donors (Lipinski definition) is 1. The number of sulfonamides is 1. The summed E-state index contributed by atoms with van der Waals surface area (Å²) in [6, 6.07) is 7.32. The fourth-order valence-corrected chi connectivity index (χ4v) is 3.18. The number of nitrogen functional groups attached to an aromatic ring is 1. The van der Waals surface area contributed by atoms with Gasteiger partial charge in [-0.2, -0.15) is 4.31 Å². The molecule has 5 nitrogen and oxygen atoms in total. The Balaban J connectivity index is 2.86. The van der Waals surface area contributed by atoms with Gasteiger partial charge in [-0.15, -0.1) is 0 Å². The first-order valence-corrected chi connectivity index (χ1v) is 7.92. The third-order valence-electron chi connectivity index (χ3n) is 2.81. The van der Waals surface area contributed by atoms with Crippen LogP contribution in [0, 0.1) is 0 Å². The lowest BCUT2D eigenvalue weighted by molar-refractivity contribution is 0.215. The maximum atomic E-state index is 12.2. The lowest BCUT2D eigenvalue weighted by Crippen LogP contribution is -2.34. The average Bonchev–Trinajstić information content (AvgIpc) is 2.38. The van der Waals surface area contributed by atoms with Gasteiger partial charge in [0.15, 0.2) is 0 Å². The van der Waals surface area contributed by atoms with Gasteiger partial charge in [0.05, 0.1) is 12.4 Å². The fourth-order valence-electron chi connectivity index (χ4n) is 1.75. The molecule has 0 aliphatic heterocycles. The second-order valence-corrected chi connectivity index (χ2v) is 6.43. The van der Waals surface area contributed by atoms with Crippen molar-refractivity contribution in [3.63, 3.8) is 0 Å². The van der Waals surface area contributed by atoms with E-state index in [4.69, 9.17) is 10.5 Å². The van der Waals surface area contributed by atoms with Crippen LogP contribution in [0.15, 0.2) is 24.3 Å². The molecule has 6 heteroatoms. The van der Waals surface area contributed by atoms with Crippen LogP contribution in [0.4, 0.5) is 5.69 Å². The van der Waals surface area contributed by atoms with Crippen molar-refractivity contribution in [2.75, 3.05) is 31.7 Å². The Morgan fingerprint density at radius 2 is 2.00 bits per heavy atom. The van der Waals surface area contributed by atoms with E-state index in [1.807, 2.05) is 25.1 Å². The lowest BCUT2D eigenvalue weighted by atomic mass is 10.2. The van der Waals surface area contributed by atoms with Gasteiger partial charge in [-0.05, 0) is 18.1 Å². The van der Waals surface area contributed by atoms with Crippen LogP contribution in [-0.2, 0) is 21.3 Å². The molecule has 0 atom stereocenters. The number of ether oxygens (including phenoxy) is 1. The molecule has 1 aromatic rings. The number of hydrogen-bond acceptors (Lipinski definition) is 4. The van der Waals surface area contributed by atoms with Gasteiger partial charge in [-0.3, -0.25) is 0 Å². The second kappa shape index (κ2) is 7.47. The van der Waals surface area contributed by atoms with E-state index in [0.717, 1.165) is 12.0 Å². The van der Waals surface area contributed by atoms with E-state index >= 15 is 0 Å². The van der Waals surface area contributed by atoms with E-state index in [9.17, 15) is 8.42 Å². The molecule has 0 aliphatic rings. The van der Waals surface area contributed by atoms with Crippen molar-refractivity contribution < 1.29 is 13.2 Å². The average molecular weight is 286 g/mol. The first kappa shape index (κ1) is 15.9. The predicted octanol–water partition coefficient (Wildman–Crippen LogP) is 1.46. The van der Waals surface area contributed by atoms with Crippen LogP contribution in [-0.4, -0.2) is 38.7 Å². The van der Waals surface area contributed by atoms with Crippen LogP contribution in [0.3, 0.4) is 0 Å². The maximum absolute atomic E-state index is 12.2. The third kappa shape index (κ3) is 4.81. The van der Waals surface area contributed by atoms with Crippen LogP contribution >= 0.6 is 0 Å². The Kier molecular flexibility index (Phi) is 6.27. The summed E-state index contributed by atoms with van der Waals surface area (Å²) in [4.78, 5) is 0. The molecular formula is C13H22N2O3S. The largest absolute Gasteiger partial charge is 0.398 e. The van der Waals surface area contributed by atoms with E-state index in [0.29, 0.717) is 18.8 Å². The van der Waals surface area contributed by atoms with E-state index in [1.165, 1.54) is 11.4 Å². The van der Waals surface area contributed by atoms with Gasteiger partial charge in [-0.25, -0.2) is 8.42 Å². The zero-order valence-electron chi connectivity index (χ0n) is 11.5. The molecule has 108 valence electrons. The quantitative estimate of drug-likeness (QED) is 0.734. The molecule has 0 saturated heterocycles. The predicted molar refractivity (Wildman–Crippen MR) is 77.2 cm³/mol. The molecule has 0 aliphatic carbocycles. The van der Waals surface area contributed by atoms with Crippen LogP contribution in [0.5, 0.6) is 0 Å². The molecule has 0 bridgehead atoms. The third-order valence-corrected chi connectivity index (χ3v) is 4.59. The minimum Gasteiger partial charge on any atom is -0.398 e. The molecule has 0 aromatic heterocycles. The fraction of sp³-hybridized carbons (Fsp3) is 0.538. The first-order valence-electron chi connectivity index (χ1n) is 6.31. The van der Waals surface area contributed by atoms with Crippen molar-refractivity contribution >= 4 is 15.7 Å². The Bertz CT molecular complexity index is 488. The highest BCUT2D eigenvalue weighted by molar-refractivity contribution is 7.89. The zero-order valence-corrected chi connectivity index (χ0v) is 12.3. The highest BCUT2D eigenvalue weighted by Crippen LogP contribution is 2.16. The van der Waals surface area contributed by atoms with Gasteiger partial charge >= 0.3 is 0 Å². The number of nitrogens with zero attached hydrogens (tertiary/aromatic N) is 1. The van der Waals surface area contributed by atoms with Crippen molar-refractivity contribution in [2.24, 2.45) is 0 Å². The summed E-state index contributed by atoms with van der Waals surface area (Å²) < 4.78 is 30.7. The summed E-state index contributed by atoms with van der Waals surface area (Å²) in [6.45, 7) is 2.95. The van der Waals surface area contributed by atoms with Gasteiger partial charge in [0, 0.05) is 25.9 Å². The molecule has 0 fully saturated rings. The Labute approximate surface area is 115 Å². The Morgan fingerprint density at radius 1 is 1.32 bits per heavy atom. The van der Waals surface area contributed by atoms with E-state index in [1.54, 1.807) is 6.07 Å². The summed E-state index contributed by atoms with van der Waals surface area (Å²) in [6.07, 6.45) is 0.763. The van der Waals surface area contributed by atoms with Gasteiger partial charge in [-0.1, -0.05) is 25.1 Å². The molecule has 0 radical (unpaired) electrons. The number of nitrogens with two attached hydrogens (primary N) is 1. The number of methoxy groups -OCH3 is 1. The molecule has 1 aromatic carbocycles. The second-order valence-electron chi connectivity index (χ2n) is 4.34. The molecule has 0 spiro atoms. The summed E-state index contributed by atoms with van der Waals surface area (Å²) in [5.74, 6) is -0.00373. The highest BCUT2D eigenvalue weighted by atomic mass is 32.2. The standard InChI is InChI=1S/C13H22N2O3S/c1-3-8-15(19(16,17)10-9-18-2)11-12-6-4-5-7-13(12)14/h4-7H,3,8-11,14H2,1-2H3. The molecule has 0 amide bonds. The molecule has 0 saturated carbocycles. The summed E-state index contributed by atoms with van der Waals surface area (Å²) in [5, 5.41) is 0. The summed E-state index contributed by atoms with van der Waals surface area (Å²) >= 11 is 0. The Morgan fingerprint density at radius 3 is 2.58 bits per heavy atom. The summed E-state index contributed by atoms with van der Waals surface area (Å²) in [5.41, 5.74) is 7.31. The van der Waals surface area contributed by atoms with Crippen molar-refractivity contribution in [1.82, 2.24) is 4.31 Å². The van der Waals surface area contributed by atoms with Crippen LogP contribution in [0.25, 0.3) is 0 Å². The minimum atomic E-state index is -3.31. The van der Waals surface area contributed by atoms with Crippen LogP contribution in [0.2, 0.25) is 0 Å². The first-order chi connectivity index (χ1) is 9.01. The summed E-state index contributed by atoms with van der Waals surface area (Å²) in [7, 11) is -1.81. The van der Waals surface area contributed by atoms with Crippen LogP contribution in [0.1, 0.15) is 18.9 Å². The highest BCUT2D eigenvalue weighted by Gasteiger charge is 2.21. The number of rotatable bonds is 8. The lowest BCUT2D eigenvalue weighted by Gasteiger charge is -2.22. The van der Waals surface area contributed by atoms with E-state index in [-0.39, 0.29) is 12.4 Å². The molecule has 2 N–H and O–H groups in total. The SMILES string of the molecule is CCCN(Cc1ccccc1N)S(=O)(=O)CCOC. The maximum Gasteiger partial charge on any atom is 0.216 e. The molecule has 0 unspecified atom stereocenters. The van der Waals surface area contributed by atoms with Gasteiger partial charge in [0.25, 0.3) is 0 Å². The monoisotopic (exact) mass is 286 g/mol. The van der Waals surface area contributed by atoms with Crippen molar-refractivity contribution in [3.8, 4) is 0 Å². The zero-order chi connectivity index (χ0) is 14.3. The normalized spacial score (nSPS) is 11.9. The minimum absolute atomic E-state index is 0.00373. The topological polar surface area (TPSA) is 72.6 Å². The number of para-hydroxylation sites is 1. The van der Waals surface area contributed by atoms with Crippen LogP contribution < -0.4 is 5.73 Å². The molecular weight excluding hydrogens is 264 g/mol. The van der Waals surface area contributed by atoms with Gasteiger partial charge in [0.1, 0.15) is 0 Å². The van der Waals surface area contributed by atoms with Crippen molar-refractivity contribution in [1.29, 1.82) is 0 Å². The number of benzene rings is 1. The van der Waals surface area contributed by atoms with Gasteiger partial charge < -0.3 is 10.5 Å². The van der Waals surface area contributed by atoms with Crippen molar-refractivity contribution in [3.05, 3.63) is 29.8 Å². The Hall–Kier alpha value is -1.11.